The normalized spacial score (nSPS) is 10.6. The lowest BCUT2D eigenvalue weighted by molar-refractivity contribution is -0.114. The van der Waals surface area contributed by atoms with Crippen LogP contribution in [0.25, 0.3) is 10.1 Å². The molecular weight excluding hydrogens is 415 g/mol. The van der Waals surface area contributed by atoms with Crippen molar-refractivity contribution >= 4 is 44.6 Å². The van der Waals surface area contributed by atoms with E-state index in [1.54, 1.807) is 48.5 Å². The van der Waals surface area contributed by atoms with Crippen LogP contribution < -0.4 is 15.4 Å². The summed E-state index contributed by atoms with van der Waals surface area (Å²) < 4.78 is 21.1. The molecule has 0 fully saturated rings. The summed E-state index contributed by atoms with van der Waals surface area (Å²) in [6.45, 7) is 1.49. The minimum atomic E-state index is -0.390. The van der Waals surface area contributed by atoms with Gasteiger partial charge in [0.2, 0.25) is 5.91 Å². The van der Waals surface area contributed by atoms with Gasteiger partial charge in [-0.25, -0.2) is 4.39 Å². The number of anilines is 2. The fourth-order valence-corrected chi connectivity index (χ4v) is 4.31. The number of thiophene rings is 1. The van der Waals surface area contributed by atoms with Crippen LogP contribution in [0.2, 0.25) is 0 Å². The van der Waals surface area contributed by atoms with E-state index in [0.717, 1.165) is 0 Å². The number of ether oxygens (including phenoxy) is 1. The highest BCUT2D eigenvalue weighted by molar-refractivity contribution is 7.21. The molecule has 1 aromatic heterocycles. The summed E-state index contributed by atoms with van der Waals surface area (Å²) in [4.78, 5) is 24.6. The summed E-state index contributed by atoms with van der Waals surface area (Å²) in [6.07, 6.45) is 0. The van der Waals surface area contributed by atoms with Crippen molar-refractivity contribution in [3.63, 3.8) is 0 Å². The Morgan fingerprint density at radius 1 is 0.903 bits per heavy atom. The van der Waals surface area contributed by atoms with Gasteiger partial charge in [-0.05, 0) is 48.5 Å². The number of para-hydroxylation sites is 1. The van der Waals surface area contributed by atoms with E-state index in [4.69, 9.17) is 4.74 Å². The van der Waals surface area contributed by atoms with Crippen molar-refractivity contribution in [3.05, 3.63) is 89.1 Å². The Morgan fingerprint density at radius 3 is 2.26 bits per heavy atom. The molecule has 0 unspecified atom stereocenters. The molecule has 0 atom stereocenters. The summed E-state index contributed by atoms with van der Waals surface area (Å²) in [5.74, 6) is -0.274. The van der Waals surface area contributed by atoms with Gasteiger partial charge < -0.3 is 15.4 Å². The minimum Gasteiger partial charge on any atom is -0.489 e. The van der Waals surface area contributed by atoms with Crippen molar-refractivity contribution < 1.29 is 18.7 Å². The third-order valence-corrected chi connectivity index (χ3v) is 5.76. The molecule has 7 heteroatoms. The largest absolute Gasteiger partial charge is 0.489 e. The molecule has 31 heavy (non-hydrogen) atoms. The lowest BCUT2D eigenvalue weighted by atomic mass is 10.1. The van der Waals surface area contributed by atoms with Crippen LogP contribution in [0.15, 0.2) is 72.8 Å². The van der Waals surface area contributed by atoms with Gasteiger partial charge in [0.15, 0.2) is 0 Å². The summed E-state index contributed by atoms with van der Waals surface area (Å²) in [7, 11) is 0. The average molecular weight is 434 g/mol. The first-order valence-corrected chi connectivity index (χ1v) is 10.4. The second kappa shape index (κ2) is 8.97. The maximum atomic E-state index is 14.6. The Balaban J connectivity index is 1.62. The number of benzene rings is 3. The zero-order valence-electron chi connectivity index (χ0n) is 16.6. The van der Waals surface area contributed by atoms with Crippen LogP contribution in [0.5, 0.6) is 5.75 Å². The second-order valence-corrected chi connectivity index (χ2v) is 7.89. The smallest absolute Gasteiger partial charge is 0.266 e. The van der Waals surface area contributed by atoms with Gasteiger partial charge in [-0.3, -0.25) is 9.59 Å². The predicted octanol–water partition coefficient (Wildman–Crippen LogP) is 5.83. The molecule has 0 aliphatic heterocycles. The van der Waals surface area contributed by atoms with Crippen molar-refractivity contribution in [2.24, 2.45) is 0 Å². The number of rotatable bonds is 6. The number of hydrogen-bond donors (Lipinski definition) is 2. The molecule has 1 heterocycles. The summed E-state index contributed by atoms with van der Waals surface area (Å²) in [6, 6.07) is 20.7. The number of fused-ring (bicyclic) bond motifs is 1. The molecule has 2 amide bonds. The van der Waals surface area contributed by atoms with E-state index < -0.39 is 0 Å². The zero-order chi connectivity index (χ0) is 21.8. The van der Waals surface area contributed by atoms with Crippen LogP contribution in [0, 0.1) is 5.82 Å². The Hall–Kier alpha value is -3.71. The Bertz CT molecular complexity index is 1240. The van der Waals surface area contributed by atoms with Gasteiger partial charge >= 0.3 is 0 Å². The van der Waals surface area contributed by atoms with Gasteiger partial charge in [0.25, 0.3) is 5.91 Å². The van der Waals surface area contributed by atoms with Crippen LogP contribution in [-0.2, 0) is 11.4 Å². The standard InChI is InChI=1S/C24H19FN2O3S/c1-15(28)26-16-10-12-17(13-11-16)27-24(29)23-19(14-30-18-6-3-2-4-7-18)22-20(25)8-5-9-21(22)31-23/h2-13H,14H2,1H3,(H,26,28)(H,27,29). The molecule has 0 aliphatic rings. The minimum absolute atomic E-state index is 0.0647. The summed E-state index contributed by atoms with van der Waals surface area (Å²) in [5.41, 5.74) is 1.70. The molecule has 0 saturated heterocycles. The fourth-order valence-electron chi connectivity index (χ4n) is 3.19. The third-order valence-electron chi connectivity index (χ3n) is 4.56. The molecule has 3 aromatic carbocycles. The van der Waals surface area contributed by atoms with E-state index in [0.29, 0.717) is 37.7 Å². The Labute approximate surface area is 182 Å². The van der Waals surface area contributed by atoms with Gasteiger partial charge in [-0.1, -0.05) is 24.3 Å². The maximum Gasteiger partial charge on any atom is 0.266 e. The van der Waals surface area contributed by atoms with Crippen molar-refractivity contribution in [1.29, 1.82) is 0 Å². The number of carbonyl (C=O) groups excluding carboxylic acids is 2. The van der Waals surface area contributed by atoms with Crippen molar-refractivity contribution in [3.8, 4) is 5.75 Å². The quantitative estimate of drug-likeness (QED) is 0.401. The number of hydrogen-bond acceptors (Lipinski definition) is 4. The molecule has 0 aliphatic carbocycles. The molecular formula is C24H19FN2O3S. The molecule has 0 saturated carbocycles. The Kier molecular flexibility index (Phi) is 5.95. The monoisotopic (exact) mass is 434 g/mol. The van der Waals surface area contributed by atoms with E-state index >= 15 is 0 Å². The average Bonchev–Trinajstić information content (AvgIpc) is 3.14. The van der Waals surface area contributed by atoms with E-state index in [1.807, 2.05) is 18.2 Å². The predicted molar refractivity (Wildman–Crippen MR) is 121 cm³/mol. The summed E-state index contributed by atoms with van der Waals surface area (Å²) >= 11 is 1.22. The molecule has 0 bridgehead atoms. The van der Waals surface area contributed by atoms with Crippen molar-refractivity contribution in [2.45, 2.75) is 13.5 Å². The van der Waals surface area contributed by atoms with E-state index in [2.05, 4.69) is 10.6 Å². The van der Waals surface area contributed by atoms with E-state index in [-0.39, 0.29) is 24.2 Å². The fraction of sp³-hybridized carbons (Fsp3) is 0.0833. The highest BCUT2D eigenvalue weighted by atomic mass is 32.1. The second-order valence-electron chi connectivity index (χ2n) is 6.84. The topological polar surface area (TPSA) is 67.4 Å². The van der Waals surface area contributed by atoms with Gasteiger partial charge in [0.05, 0.1) is 0 Å². The molecule has 5 nitrogen and oxygen atoms in total. The first-order valence-electron chi connectivity index (χ1n) is 9.58. The van der Waals surface area contributed by atoms with Crippen molar-refractivity contribution in [1.82, 2.24) is 0 Å². The van der Waals surface area contributed by atoms with Crippen LogP contribution >= 0.6 is 11.3 Å². The zero-order valence-corrected chi connectivity index (χ0v) is 17.5. The number of amides is 2. The number of nitrogens with one attached hydrogen (secondary N) is 2. The van der Waals surface area contributed by atoms with Gasteiger partial charge in [-0.2, -0.15) is 0 Å². The highest BCUT2D eigenvalue weighted by Crippen LogP contribution is 2.34. The SMILES string of the molecule is CC(=O)Nc1ccc(NC(=O)c2sc3cccc(F)c3c2COc2ccccc2)cc1. The highest BCUT2D eigenvalue weighted by Gasteiger charge is 2.21. The number of carbonyl (C=O) groups is 2. The molecule has 0 spiro atoms. The van der Waals surface area contributed by atoms with Crippen LogP contribution in [0.3, 0.4) is 0 Å². The lowest BCUT2D eigenvalue weighted by Gasteiger charge is -2.10. The number of halogens is 1. The molecule has 4 rings (SSSR count). The van der Waals surface area contributed by atoms with Crippen molar-refractivity contribution in [2.75, 3.05) is 10.6 Å². The first kappa shape index (κ1) is 20.6. The van der Waals surface area contributed by atoms with Crippen LogP contribution in [0.1, 0.15) is 22.2 Å². The molecule has 4 aromatic rings. The van der Waals surface area contributed by atoms with E-state index in [1.165, 1.54) is 24.3 Å². The third kappa shape index (κ3) is 4.73. The Morgan fingerprint density at radius 2 is 1.58 bits per heavy atom. The molecule has 156 valence electrons. The molecule has 0 radical (unpaired) electrons. The van der Waals surface area contributed by atoms with Gasteiger partial charge in [0.1, 0.15) is 23.1 Å². The van der Waals surface area contributed by atoms with E-state index in [9.17, 15) is 14.0 Å². The summed E-state index contributed by atoms with van der Waals surface area (Å²) in [5, 5.41) is 5.91. The maximum absolute atomic E-state index is 14.6. The van der Waals surface area contributed by atoms with Gasteiger partial charge in [0, 0.05) is 33.9 Å². The lowest BCUT2D eigenvalue weighted by Crippen LogP contribution is -2.13. The van der Waals surface area contributed by atoms with Gasteiger partial charge in [-0.15, -0.1) is 11.3 Å². The first-order chi connectivity index (χ1) is 15.0. The molecule has 2 N–H and O–H groups in total. The van der Waals surface area contributed by atoms with Crippen LogP contribution in [0.4, 0.5) is 15.8 Å². The van der Waals surface area contributed by atoms with Crippen LogP contribution in [-0.4, -0.2) is 11.8 Å².